The Kier molecular flexibility index (Phi) is 5.19. The third-order valence-corrected chi connectivity index (χ3v) is 3.44. The average Bonchev–Trinajstić information content (AvgIpc) is 2.80. The second-order valence-electron chi connectivity index (χ2n) is 4.93. The van der Waals surface area contributed by atoms with Crippen molar-refractivity contribution >= 4 is 0 Å². The van der Waals surface area contributed by atoms with Crippen LogP contribution in [0.5, 0.6) is 5.75 Å². The molecule has 0 radical (unpaired) electrons. The zero-order valence-electron chi connectivity index (χ0n) is 11.7. The third kappa shape index (κ3) is 3.69. The monoisotopic (exact) mass is 265 g/mol. The first-order valence-corrected chi connectivity index (χ1v) is 6.90. The summed E-state index contributed by atoms with van der Waals surface area (Å²) in [6.45, 7) is 3.69. The number of benzene rings is 1. The minimum absolute atomic E-state index is 0.267. The molecule has 1 aromatic carbocycles. The number of nitrogens with one attached hydrogen (secondary N) is 1. The van der Waals surface area contributed by atoms with Gasteiger partial charge in [0.05, 0.1) is 6.61 Å². The van der Waals surface area contributed by atoms with E-state index >= 15 is 0 Å². The van der Waals surface area contributed by atoms with E-state index in [0.717, 1.165) is 25.1 Å². The topological polar surface area (TPSA) is 50.7 Å². The fourth-order valence-corrected chi connectivity index (χ4v) is 2.58. The molecule has 0 bridgehead atoms. The number of hydrogen-bond donors (Lipinski definition) is 2. The highest BCUT2D eigenvalue weighted by molar-refractivity contribution is 5.40. The molecule has 2 atom stereocenters. The van der Waals surface area contributed by atoms with Crippen molar-refractivity contribution in [2.24, 2.45) is 0 Å². The van der Waals surface area contributed by atoms with E-state index in [2.05, 4.69) is 24.4 Å². The Labute approximate surface area is 114 Å². The molecule has 2 unspecified atom stereocenters. The van der Waals surface area contributed by atoms with Gasteiger partial charge in [-0.15, -0.1) is 0 Å². The second-order valence-corrected chi connectivity index (χ2v) is 4.93. The van der Waals surface area contributed by atoms with Crippen LogP contribution in [0.4, 0.5) is 0 Å². The van der Waals surface area contributed by atoms with Crippen LogP contribution in [-0.2, 0) is 11.2 Å². The van der Waals surface area contributed by atoms with E-state index in [-0.39, 0.29) is 6.61 Å². The first kappa shape index (κ1) is 14.3. The van der Waals surface area contributed by atoms with Crippen LogP contribution in [0.3, 0.4) is 0 Å². The quantitative estimate of drug-likeness (QED) is 0.787. The highest BCUT2D eigenvalue weighted by atomic mass is 16.5. The summed E-state index contributed by atoms with van der Waals surface area (Å²) >= 11 is 0. The first-order chi connectivity index (χ1) is 9.24. The summed E-state index contributed by atoms with van der Waals surface area (Å²) in [6, 6.07) is 6.68. The molecule has 0 fully saturated rings. The number of aliphatic hydroxyl groups is 1. The molecule has 4 heteroatoms. The smallest absolute Gasteiger partial charge is 0.119 e. The van der Waals surface area contributed by atoms with Crippen molar-refractivity contribution in [3.05, 3.63) is 29.3 Å². The predicted octanol–water partition coefficient (Wildman–Crippen LogP) is 1.67. The van der Waals surface area contributed by atoms with Crippen LogP contribution in [0.25, 0.3) is 0 Å². The van der Waals surface area contributed by atoms with Crippen molar-refractivity contribution in [3.63, 3.8) is 0 Å². The SMILES string of the molecule is CCNC1CCc2cc(OCC(O)COC)ccc21. The largest absolute Gasteiger partial charge is 0.491 e. The van der Waals surface area contributed by atoms with Gasteiger partial charge >= 0.3 is 0 Å². The van der Waals surface area contributed by atoms with E-state index < -0.39 is 6.10 Å². The number of ether oxygens (including phenoxy) is 2. The van der Waals surface area contributed by atoms with Gasteiger partial charge in [0.15, 0.2) is 0 Å². The molecule has 19 heavy (non-hydrogen) atoms. The van der Waals surface area contributed by atoms with Gasteiger partial charge in [-0.3, -0.25) is 0 Å². The summed E-state index contributed by atoms with van der Waals surface area (Å²) in [5, 5.41) is 13.0. The van der Waals surface area contributed by atoms with E-state index in [1.165, 1.54) is 11.1 Å². The van der Waals surface area contributed by atoms with Gasteiger partial charge in [-0.1, -0.05) is 13.0 Å². The lowest BCUT2D eigenvalue weighted by atomic mass is 10.1. The van der Waals surface area contributed by atoms with Gasteiger partial charge < -0.3 is 19.9 Å². The first-order valence-electron chi connectivity index (χ1n) is 6.90. The minimum atomic E-state index is -0.576. The van der Waals surface area contributed by atoms with E-state index in [1.54, 1.807) is 7.11 Å². The molecule has 0 spiro atoms. The molecule has 2 rings (SSSR count). The van der Waals surface area contributed by atoms with Crippen molar-refractivity contribution in [2.45, 2.75) is 31.9 Å². The lowest BCUT2D eigenvalue weighted by Gasteiger charge is -2.14. The Morgan fingerprint density at radius 3 is 3.00 bits per heavy atom. The molecule has 0 saturated carbocycles. The van der Waals surface area contributed by atoms with Crippen LogP contribution < -0.4 is 10.1 Å². The molecule has 0 heterocycles. The van der Waals surface area contributed by atoms with Gasteiger partial charge in [-0.25, -0.2) is 0 Å². The Balaban J connectivity index is 1.95. The molecular formula is C15H23NO3. The molecule has 4 nitrogen and oxygen atoms in total. The third-order valence-electron chi connectivity index (χ3n) is 3.44. The van der Waals surface area contributed by atoms with Crippen molar-refractivity contribution < 1.29 is 14.6 Å². The molecule has 0 amide bonds. The highest BCUT2D eigenvalue weighted by Crippen LogP contribution is 2.33. The molecule has 0 aliphatic heterocycles. The number of hydrogen-bond acceptors (Lipinski definition) is 4. The van der Waals surface area contributed by atoms with Crippen LogP contribution in [0, 0.1) is 0 Å². The predicted molar refractivity (Wildman–Crippen MR) is 74.6 cm³/mol. The van der Waals surface area contributed by atoms with Gasteiger partial charge in [-0.2, -0.15) is 0 Å². The maximum Gasteiger partial charge on any atom is 0.119 e. The summed E-state index contributed by atoms with van der Waals surface area (Å²) < 4.78 is 10.5. The van der Waals surface area contributed by atoms with Crippen molar-refractivity contribution in [2.75, 3.05) is 26.9 Å². The van der Waals surface area contributed by atoms with Gasteiger partial charge in [-0.05, 0) is 42.6 Å². The van der Waals surface area contributed by atoms with Crippen LogP contribution in [0.15, 0.2) is 18.2 Å². The molecule has 1 aliphatic carbocycles. The highest BCUT2D eigenvalue weighted by Gasteiger charge is 2.21. The molecule has 2 N–H and O–H groups in total. The molecule has 0 aromatic heterocycles. The molecule has 1 aliphatic rings. The summed E-state index contributed by atoms with van der Waals surface area (Å²) in [4.78, 5) is 0. The van der Waals surface area contributed by atoms with E-state index in [9.17, 15) is 5.11 Å². The summed E-state index contributed by atoms with van der Waals surface area (Å²) in [7, 11) is 1.57. The fraction of sp³-hybridized carbons (Fsp3) is 0.600. The van der Waals surface area contributed by atoms with Crippen LogP contribution in [0.1, 0.15) is 30.5 Å². The van der Waals surface area contributed by atoms with Gasteiger partial charge in [0.1, 0.15) is 18.5 Å². The maximum absolute atomic E-state index is 9.56. The van der Waals surface area contributed by atoms with E-state index in [0.29, 0.717) is 12.6 Å². The number of fused-ring (bicyclic) bond motifs is 1. The van der Waals surface area contributed by atoms with Crippen molar-refractivity contribution in [1.82, 2.24) is 5.32 Å². The van der Waals surface area contributed by atoms with Crippen LogP contribution in [0.2, 0.25) is 0 Å². The Morgan fingerprint density at radius 1 is 1.42 bits per heavy atom. The van der Waals surface area contributed by atoms with Gasteiger partial charge in [0.2, 0.25) is 0 Å². The Hall–Kier alpha value is -1.10. The fourth-order valence-electron chi connectivity index (χ4n) is 2.58. The molecule has 106 valence electrons. The summed E-state index contributed by atoms with van der Waals surface area (Å²) in [6.07, 6.45) is 1.66. The van der Waals surface area contributed by atoms with E-state index in [4.69, 9.17) is 9.47 Å². The lowest BCUT2D eigenvalue weighted by Crippen LogP contribution is -2.22. The number of aliphatic hydroxyl groups excluding tert-OH is 1. The van der Waals surface area contributed by atoms with Crippen molar-refractivity contribution in [1.29, 1.82) is 0 Å². The zero-order chi connectivity index (χ0) is 13.7. The summed E-state index contributed by atoms with van der Waals surface area (Å²) in [5.41, 5.74) is 2.73. The Bertz CT molecular complexity index is 408. The summed E-state index contributed by atoms with van der Waals surface area (Å²) in [5.74, 6) is 0.825. The lowest BCUT2D eigenvalue weighted by molar-refractivity contribution is 0.0325. The van der Waals surface area contributed by atoms with Crippen LogP contribution >= 0.6 is 0 Å². The second kappa shape index (κ2) is 6.89. The number of rotatable bonds is 7. The van der Waals surface area contributed by atoms with Gasteiger partial charge in [0, 0.05) is 13.2 Å². The number of methoxy groups -OCH3 is 1. The molecule has 1 aromatic rings. The maximum atomic E-state index is 9.56. The molecular weight excluding hydrogens is 242 g/mol. The van der Waals surface area contributed by atoms with Gasteiger partial charge in [0.25, 0.3) is 0 Å². The minimum Gasteiger partial charge on any atom is -0.491 e. The molecule has 0 saturated heterocycles. The Morgan fingerprint density at radius 2 is 2.26 bits per heavy atom. The zero-order valence-corrected chi connectivity index (χ0v) is 11.7. The normalized spacial score (nSPS) is 19.2. The number of aryl methyl sites for hydroxylation is 1. The van der Waals surface area contributed by atoms with E-state index in [1.807, 2.05) is 6.07 Å². The van der Waals surface area contributed by atoms with Crippen molar-refractivity contribution in [3.8, 4) is 5.75 Å². The standard InChI is InChI=1S/C15H23NO3/c1-3-16-15-7-4-11-8-13(5-6-14(11)15)19-10-12(17)9-18-2/h5-6,8,12,15-17H,3-4,7,9-10H2,1-2H3. The average molecular weight is 265 g/mol. The van der Waals surface area contributed by atoms with Crippen LogP contribution in [-0.4, -0.2) is 38.1 Å².